The lowest BCUT2D eigenvalue weighted by Gasteiger charge is -2.07. The van der Waals surface area contributed by atoms with Gasteiger partial charge in [-0.25, -0.2) is 0 Å². The molecule has 1 atom stereocenters. The van der Waals surface area contributed by atoms with Gasteiger partial charge >= 0.3 is 0 Å². The number of carbonyl (C=O) groups excluding carboxylic acids is 2. The maximum atomic E-state index is 10.9. The van der Waals surface area contributed by atoms with E-state index in [1.54, 1.807) is 6.08 Å². The van der Waals surface area contributed by atoms with Crippen LogP contribution in [0.5, 0.6) is 0 Å². The highest BCUT2D eigenvalue weighted by atomic mass is 16.1. The summed E-state index contributed by atoms with van der Waals surface area (Å²) in [6.07, 6.45) is 7.80. The zero-order valence-corrected chi connectivity index (χ0v) is 9.78. The fourth-order valence-electron chi connectivity index (χ4n) is 1.57. The summed E-state index contributed by atoms with van der Waals surface area (Å²) in [5.41, 5.74) is 10.2. The molecule has 0 aromatic heterocycles. The van der Waals surface area contributed by atoms with Crippen LogP contribution >= 0.6 is 0 Å². The van der Waals surface area contributed by atoms with Crippen molar-refractivity contribution < 1.29 is 9.59 Å². The van der Waals surface area contributed by atoms with Crippen LogP contribution in [0, 0.1) is 5.92 Å². The lowest BCUT2D eigenvalue weighted by molar-refractivity contribution is -0.120. The van der Waals surface area contributed by atoms with Gasteiger partial charge in [0.2, 0.25) is 11.8 Å². The molecule has 4 nitrogen and oxygen atoms in total. The second kappa shape index (κ2) is 8.95. The molecule has 0 aromatic carbocycles. The zero-order valence-electron chi connectivity index (χ0n) is 9.78. The van der Waals surface area contributed by atoms with Gasteiger partial charge in [-0.05, 0) is 12.8 Å². The lowest BCUT2D eigenvalue weighted by atomic mass is 10.00. The first kappa shape index (κ1) is 14.7. The number of unbranched alkanes of at least 4 members (excludes halogenated alkanes) is 4. The van der Waals surface area contributed by atoms with Crippen molar-refractivity contribution in [2.75, 3.05) is 0 Å². The van der Waals surface area contributed by atoms with Crippen molar-refractivity contribution in [2.24, 2.45) is 17.4 Å². The van der Waals surface area contributed by atoms with Crippen LogP contribution in [-0.4, -0.2) is 11.8 Å². The molecule has 4 N–H and O–H groups in total. The molecule has 16 heavy (non-hydrogen) atoms. The van der Waals surface area contributed by atoms with Crippen molar-refractivity contribution in [3.8, 4) is 0 Å². The molecule has 2 amide bonds. The van der Waals surface area contributed by atoms with Gasteiger partial charge in [0.1, 0.15) is 0 Å². The van der Waals surface area contributed by atoms with E-state index in [0.29, 0.717) is 6.42 Å². The molecule has 0 bridgehead atoms. The van der Waals surface area contributed by atoms with Gasteiger partial charge < -0.3 is 11.5 Å². The molecule has 0 fully saturated rings. The van der Waals surface area contributed by atoms with Crippen molar-refractivity contribution in [2.45, 2.75) is 44.9 Å². The first-order valence-corrected chi connectivity index (χ1v) is 5.78. The molecule has 0 heterocycles. The smallest absolute Gasteiger partial charge is 0.224 e. The zero-order chi connectivity index (χ0) is 12.4. The third kappa shape index (κ3) is 8.03. The fourth-order valence-corrected chi connectivity index (χ4v) is 1.57. The first-order valence-electron chi connectivity index (χ1n) is 5.78. The van der Waals surface area contributed by atoms with Crippen molar-refractivity contribution in [1.82, 2.24) is 0 Å². The highest BCUT2D eigenvalue weighted by molar-refractivity contribution is 5.78. The minimum absolute atomic E-state index is 0.203. The number of hydrogen-bond donors (Lipinski definition) is 2. The summed E-state index contributed by atoms with van der Waals surface area (Å²) in [7, 11) is 0. The Hall–Kier alpha value is -1.32. The Bertz CT molecular complexity index is 239. The van der Waals surface area contributed by atoms with Gasteiger partial charge in [0.15, 0.2) is 0 Å². The summed E-state index contributed by atoms with van der Waals surface area (Å²) in [6.45, 7) is 3.58. The van der Waals surface area contributed by atoms with Crippen LogP contribution in [0.4, 0.5) is 0 Å². The third-order valence-electron chi connectivity index (χ3n) is 2.59. The first-order chi connectivity index (χ1) is 7.57. The molecule has 0 radical (unpaired) electrons. The average Bonchev–Trinajstić information content (AvgIpc) is 2.21. The second-order valence-electron chi connectivity index (χ2n) is 4.02. The number of amides is 2. The Morgan fingerprint density at radius 1 is 1.06 bits per heavy atom. The molecular formula is C12H22N2O2. The van der Waals surface area contributed by atoms with Gasteiger partial charge in [-0.1, -0.05) is 31.8 Å². The normalized spacial score (nSPS) is 12.0. The number of primary amides is 2. The molecule has 4 heteroatoms. The monoisotopic (exact) mass is 226 g/mol. The van der Waals surface area contributed by atoms with Crippen LogP contribution < -0.4 is 11.5 Å². The molecule has 0 rings (SSSR count). The van der Waals surface area contributed by atoms with Crippen LogP contribution in [0.3, 0.4) is 0 Å². The second-order valence-corrected chi connectivity index (χ2v) is 4.02. The summed E-state index contributed by atoms with van der Waals surface area (Å²) in [6, 6.07) is 0. The third-order valence-corrected chi connectivity index (χ3v) is 2.59. The highest BCUT2D eigenvalue weighted by Crippen LogP contribution is 2.12. The average molecular weight is 226 g/mol. The van der Waals surface area contributed by atoms with E-state index in [4.69, 9.17) is 11.5 Å². The van der Waals surface area contributed by atoms with Crippen molar-refractivity contribution in [3.05, 3.63) is 12.7 Å². The Labute approximate surface area is 97.1 Å². The Kier molecular flexibility index (Phi) is 8.21. The van der Waals surface area contributed by atoms with E-state index < -0.39 is 0 Å². The molecule has 92 valence electrons. The van der Waals surface area contributed by atoms with E-state index >= 15 is 0 Å². The van der Waals surface area contributed by atoms with Gasteiger partial charge in [-0.3, -0.25) is 9.59 Å². The maximum absolute atomic E-state index is 10.9. The van der Waals surface area contributed by atoms with Gasteiger partial charge in [-0.15, -0.1) is 6.58 Å². The van der Waals surface area contributed by atoms with Gasteiger partial charge in [-0.2, -0.15) is 0 Å². The predicted octanol–water partition coefficient (Wildman–Crippen LogP) is 1.49. The molecule has 0 aliphatic heterocycles. The van der Waals surface area contributed by atoms with Crippen LogP contribution in [-0.2, 0) is 9.59 Å². The number of carbonyl (C=O) groups is 2. The van der Waals surface area contributed by atoms with Crippen LogP contribution in [0.15, 0.2) is 12.7 Å². The fraction of sp³-hybridized carbons (Fsp3) is 0.667. The van der Waals surface area contributed by atoms with Crippen LogP contribution in [0.2, 0.25) is 0 Å². The van der Waals surface area contributed by atoms with Crippen LogP contribution in [0.25, 0.3) is 0 Å². The summed E-state index contributed by atoms with van der Waals surface area (Å²) in [5, 5.41) is 0. The predicted molar refractivity (Wildman–Crippen MR) is 64.4 cm³/mol. The molecule has 0 spiro atoms. The molecule has 0 aliphatic rings. The maximum Gasteiger partial charge on any atom is 0.224 e. The Morgan fingerprint density at radius 3 is 2.12 bits per heavy atom. The van der Waals surface area contributed by atoms with E-state index in [2.05, 4.69) is 6.58 Å². The SMILES string of the molecule is C=CC(CCCCCCCC(N)=O)C(N)=O. The topological polar surface area (TPSA) is 86.2 Å². The minimum atomic E-state index is -0.302. The summed E-state index contributed by atoms with van der Waals surface area (Å²) < 4.78 is 0. The standard InChI is InChI=1S/C12H22N2O2/c1-2-10(12(14)16)8-6-4-3-5-7-9-11(13)15/h2,10H,1,3-9H2,(H2,13,15)(H2,14,16). The van der Waals surface area contributed by atoms with E-state index in [1.165, 1.54) is 0 Å². The summed E-state index contributed by atoms with van der Waals surface area (Å²) >= 11 is 0. The van der Waals surface area contributed by atoms with E-state index in [9.17, 15) is 9.59 Å². The van der Waals surface area contributed by atoms with Crippen molar-refractivity contribution >= 4 is 11.8 Å². The quantitative estimate of drug-likeness (QED) is 0.437. The number of nitrogens with two attached hydrogens (primary N) is 2. The van der Waals surface area contributed by atoms with E-state index in [-0.39, 0.29) is 17.7 Å². The number of rotatable bonds is 10. The van der Waals surface area contributed by atoms with Crippen molar-refractivity contribution in [1.29, 1.82) is 0 Å². The van der Waals surface area contributed by atoms with Gasteiger partial charge in [0.25, 0.3) is 0 Å². The molecule has 0 saturated carbocycles. The molecule has 0 saturated heterocycles. The minimum Gasteiger partial charge on any atom is -0.370 e. The molecule has 1 unspecified atom stereocenters. The molecular weight excluding hydrogens is 204 g/mol. The highest BCUT2D eigenvalue weighted by Gasteiger charge is 2.09. The summed E-state index contributed by atoms with van der Waals surface area (Å²) in [4.78, 5) is 21.3. The molecule has 0 aromatic rings. The van der Waals surface area contributed by atoms with Gasteiger partial charge in [0, 0.05) is 6.42 Å². The van der Waals surface area contributed by atoms with E-state index in [1.807, 2.05) is 0 Å². The van der Waals surface area contributed by atoms with E-state index in [0.717, 1.165) is 38.5 Å². The Morgan fingerprint density at radius 2 is 1.62 bits per heavy atom. The summed E-state index contributed by atoms with van der Waals surface area (Å²) in [5.74, 6) is -0.741. The van der Waals surface area contributed by atoms with Gasteiger partial charge in [0.05, 0.1) is 5.92 Å². The van der Waals surface area contributed by atoms with Crippen molar-refractivity contribution in [3.63, 3.8) is 0 Å². The largest absolute Gasteiger partial charge is 0.370 e. The lowest BCUT2D eigenvalue weighted by Crippen LogP contribution is -2.21. The number of hydrogen-bond acceptors (Lipinski definition) is 2. The Balaban J connectivity index is 3.35. The molecule has 0 aliphatic carbocycles. The van der Waals surface area contributed by atoms with Crippen LogP contribution in [0.1, 0.15) is 44.9 Å².